The number of rotatable bonds is 8. The molecule has 0 aliphatic rings. The lowest BCUT2D eigenvalue weighted by Crippen LogP contribution is -2.47. The van der Waals surface area contributed by atoms with Gasteiger partial charge in [-0.05, 0) is 51.8 Å². The molecule has 6 heteroatoms. The van der Waals surface area contributed by atoms with Crippen molar-refractivity contribution >= 4 is 11.8 Å². The molecule has 0 spiro atoms. The Hall–Kier alpha value is -2.24. The van der Waals surface area contributed by atoms with Gasteiger partial charge in [0.1, 0.15) is 0 Å². The van der Waals surface area contributed by atoms with E-state index in [0.717, 1.165) is 5.56 Å². The third-order valence-corrected chi connectivity index (χ3v) is 3.66. The average molecular weight is 350 g/mol. The lowest BCUT2D eigenvalue weighted by Gasteiger charge is -2.25. The highest BCUT2D eigenvalue weighted by atomic mass is 16.5. The number of benzene rings is 1. The summed E-state index contributed by atoms with van der Waals surface area (Å²) in [7, 11) is 3.17. The molecule has 0 saturated heterocycles. The Labute approximate surface area is 150 Å². The Balaban J connectivity index is 2.63. The van der Waals surface area contributed by atoms with Gasteiger partial charge in [0.05, 0.1) is 20.8 Å². The maximum atomic E-state index is 12.4. The van der Waals surface area contributed by atoms with Crippen molar-refractivity contribution in [2.75, 3.05) is 27.3 Å². The zero-order valence-corrected chi connectivity index (χ0v) is 16.1. The van der Waals surface area contributed by atoms with Gasteiger partial charge in [-0.2, -0.15) is 0 Å². The molecule has 0 unspecified atom stereocenters. The largest absolute Gasteiger partial charge is 0.493 e. The summed E-state index contributed by atoms with van der Waals surface area (Å²) >= 11 is 0. The number of aryl methyl sites for hydroxylation is 1. The monoisotopic (exact) mass is 350 g/mol. The second-order valence-electron chi connectivity index (χ2n) is 6.90. The van der Waals surface area contributed by atoms with Crippen LogP contribution in [0.25, 0.3) is 0 Å². The predicted octanol–water partition coefficient (Wildman–Crippen LogP) is 2.40. The summed E-state index contributed by atoms with van der Waals surface area (Å²) in [5.41, 5.74) is 0.681. The zero-order chi connectivity index (χ0) is 19.0. The molecule has 0 fully saturated rings. The van der Waals surface area contributed by atoms with Gasteiger partial charge in [-0.3, -0.25) is 9.59 Å². The van der Waals surface area contributed by atoms with Gasteiger partial charge in [0.2, 0.25) is 11.8 Å². The van der Waals surface area contributed by atoms with Crippen LogP contribution < -0.4 is 14.8 Å². The molecule has 0 atom stereocenters. The number of carbonyl (C=O) groups excluding carboxylic acids is 2. The highest BCUT2D eigenvalue weighted by Gasteiger charge is 2.19. The second-order valence-corrected chi connectivity index (χ2v) is 6.90. The van der Waals surface area contributed by atoms with Crippen LogP contribution in [0.5, 0.6) is 11.5 Å². The number of hydrogen-bond acceptors (Lipinski definition) is 4. The molecule has 0 bridgehead atoms. The molecule has 0 aromatic heterocycles. The quantitative estimate of drug-likeness (QED) is 0.782. The van der Waals surface area contributed by atoms with E-state index < -0.39 is 0 Å². The summed E-state index contributed by atoms with van der Waals surface area (Å²) in [4.78, 5) is 26.0. The minimum absolute atomic E-state index is 0.0404. The van der Waals surface area contributed by atoms with Crippen molar-refractivity contribution in [3.63, 3.8) is 0 Å². The van der Waals surface area contributed by atoms with Gasteiger partial charge in [0, 0.05) is 18.5 Å². The minimum atomic E-state index is -0.306. The first-order chi connectivity index (χ1) is 11.7. The van der Waals surface area contributed by atoms with Gasteiger partial charge in [-0.15, -0.1) is 0 Å². The van der Waals surface area contributed by atoms with Crippen LogP contribution in [0.2, 0.25) is 0 Å². The van der Waals surface area contributed by atoms with E-state index in [-0.39, 0.29) is 23.9 Å². The van der Waals surface area contributed by atoms with Crippen LogP contribution in [-0.4, -0.2) is 49.6 Å². The molecule has 6 nitrogen and oxygen atoms in total. The second kappa shape index (κ2) is 9.30. The lowest BCUT2D eigenvalue weighted by molar-refractivity contribution is -0.136. The molecular formula is C19H30N2O4. The van der Waals surface area contributed by atoms with Crippen LogP contribution in [0.4, 0.5) is 0 Å². The van der Waals surface area contributed by atoms with Crippen molar-refractivity contribution in [3.05, 3.63) is 23.8 Å². The fourth-order valence-corrected chi connectivity index (χ4v) is 2.45. The Morgan fingerprint density at radius 1 is 1.12 bits per heavy atom. The molecule has 1 aromatic rings. The van der Waals surface area contributed by atoms with Gasteiger partial charge >= 0.3 is 0 Å². The van der Waals surface area contributed by atoms with Crippen molar-refractivity contribution in [1.29, 1.82) is 0 Å². The number of likely N-dealkylation sites (N-methyl/N-ethyl adjacent to an activating group) is 1. The predicted molar refractivity (Wildman–Crippen MR) is 98.0 cm³/mol. The molecule has 0 aliphatic heterocycles. The molecule has 0 radical (unpaired) electrons. The normalized spacial score (nSPS) is 11.0. The van der Waals surface area contributed by atoms with Gasteiger partial charge in [0.25, 0.3) is 0 Å². The minimum Gasteiger partial charge on any atom is -0.493 e. The van der Waals surface area contributed by atoms with Crippen molar-refractivity contribution in [1.82, 2.24) is 10.2 Å². The van der Waals surface area contributed by atoms with E-state index in [9.17, 15) is 9.59 Å². The lowest BCUT2D eigenvalue weighted by atomic mass is 10.1. The van der Waals surface area contributed by atoms with Crippen molar-refractivity contribution < 1.29 is 19.1 Å². The third kappa shape index (κ3) is 7.03. The van der Waals surface area contributed by atoms with Crippen LogP contribution in [0.1, 0.15) is 39.7 Å². The van der Waals surface area contributed by atoms with Crippen LogP contribution in [0.3, 0.4) is 0 Å². The Kier molecular flexibility index (Phi) is 7.74. The first kappa shape index (κ1) is 20.8. The number of hydrogen-bond donors (Lipinski definition) is 1. The van der Waals surface area contributed by atoms with Crippen LogP contribution in [0.15, 0.2) is 18.2 Å². The van der Waals surface area contributed by atoms with Gasteiger partial charge in [0.15, 0.2) is 11.5 Å². The number of nitrogens with one attached hydrogen (secondary N) is 1. The molecule has 1 N–H and O–H groups in total. The van der Waals surface area contributed by atoms with E-state index in [2.05, 4.69) is 5.32 Å². The highest BCUT2D eigenvalue weighted by Crippen LogP contribution is 2.28. The maximum Gasteiger partial charge on any atom is 0.240 e. The van der Waals surface area contributed by atoms with Crippen molar-refractivity contribution in [3.8, 4) is 11.5 Å². The summed E-state index contributed by atoms with van der Waals surface area (Å²) in [5, 5.41) is 2.88. The number of ether oxygens (including phenoxy) is 2. The summed E-state index contributed by atoms with van der Waals surface area (Å²) in [6.07, 6.45) is 0.919. The highest BCUT2D eigenvalue weighted by molar-refractivity contribution is 5.85. The summed E-state index contributed by atoms with van der Waals surface area (Å²) in [6.45, 7) is 8.21. The first-order valence-corrected chi connectivity index (χ1v) is 8.49. The van der Waals surface area contributed by atoms with E-state index in [4.69, 9.17) is 9.47 Å². The standard InChI is InChI=1S/C19H30N2O4/c1-7-21(13-17(22)20-19(2,3)4)18(23)11-9-14-8-10-15(24-5)16(12-14)25-6/h8,10,12H,7,9,11,13H2,1-6H3,(H,20,22). The third-order valence-electron chi connectivity index (χ3n) is 3.66. The number of nitrogens with zero attached hydrogens (tertiary/aromatic N) is 1. The Morgan fingerprint density at radius 3 is 2.28 bits per heavy atom. The van der Waals surface area contributed by atoms with E-state index in [1.165, 1.54) is 0 Å². The van der Waals surface area contributed by atoms with Crippen molar-refractivity contribution in [2.24, 2.45) is 0 Å². The molecule has 25 heavy (non-hydrogen) atoms. The van der Waals surface area contributed by atoms with Crippen LogP contribution in [0, 0.1) is 0 Å². The Bertz CT molecular complexity index is 594. The Morgan fingerprint density at radius 2 is 1.76 bits per heavy atom. The molecule has 0 heterocycles. The van der Waals surface area contributed by atoms with Gasteiger partial charge in [-0.1, -0.05) is 6.07 Å². The number of amides is 2. The van der Waals surface area contributed by atoms with Crippen LogP contribution >= 0.6 is 0 Å². The summed E-state index contributed by atoms with van der Waals surface area (Å²) in [6, 6.07) is 5.61. The SMILES string of the molecule is CCN(CC(=O)NC(C)(C)C)C(=O)CCc1ccc(OC)c(OC)c1. The van der Waals surface area contributed by atoms with E-state index in [1.807, 2.05) is 45.9 Å². The van der Waals surface area contributed by atoms with Crippen molar-refractivity contribution in [2.45, 2.75) is 46.1 Å². The molecule has 0 aliphatic carbocycles. The van der Waals surface area contributed by atoms with Gasteiger partial charge in [-0.25, -0.2) is 0 Å². The van der Waals surface area contributed by atoms with E-state index in [0.29, 0.717) is 30.9 Å². The smallest absolute Gasteiger partial charge is 0.240 e. The molecule has 140 valence electrons. The van der Waals surface area contributed by atoms with E-state index >= 15 is 0 Å². The maximum absolute atomic E-state index is 12.4. The molecule has 1 aromatic carbocycles. The molecule has 1 rings (SSSR count). The van der Waals surface area contributed by atoms with E-state index in [1.54, 1.807) is 19.1 Å². The summed E-state index contributed by atoms with van der Waals surface area (Å²) in [5.74, 6) is 1.12. The number of methoxy groups -OCH3 is 2. The molecule has 0 saturated carbocycles. The van der Waals surface area contributed by atoms with Gasteiger partial charge < -0.3 is 19.7 Å². The topological polar surface area (TPSA) is 67.9 Å². The van der Waals surface area contributed by atoms with Crippen LogP contribution in [-0.2, 0) is 16.0 Å². The average Bonchev–Trinajstić information content (AvgIpc) is 2.55. The molecule has 2 amide bonds. The number of carbonyl (C=O) groups is 2. The summed E-state index contributed by atoms with van der Waals surface area (Å²) < 4.78 is 10.5. The first-order valence-electron chi connectivity index (χ1n) is 8.49. The fourth-order valence-electron chi connectivity index (χ4n) is 2.45. The fraction of sp³-hybridized carbons (Fsp3) is 0.579. The zero-order valence-electron chi connectivity index (χ0n) is 16.1. The molecular weight excluding hydrogens is 320 g/mol.